The molecule has 1 aliphatic rings. The van der Waals surface area contributed by atoms with Gasteiger partial charge in [0.05, 0.1) is 0 Å². The number of imide groups is 1. The summed E-state index contributed by atoms with van der Waals surface area (Å²) in [6.45, 7) is 3.82. The van der Waals surface area contributed by atoms with Gasteiger partial charge in [-0.25, -0.2) is 4.79 Å². The Morgan fingerprint density at radius 2 is 1.48 bits per heavy atom. The van der Waals surface area contributed by atoms with Gasteiger partial charge in [0, 0.05) is 12.5 Å². The smallest absolute Gasteiger partial charge is 0.325 e. The van der Waals surface area contributed by atoms with E-state index in [1.165, 1.54) is 0 Å². The molecule has 0 aliphatic carbocycles. The van der Waals surface area contributed by atoms with E-state index in [1.54, 1.807) is 0 Å². The van der Waals surface area contributed by atoms with Crippen molar-refractivity contribution in [3.8, 4) is 0 Å². The lowest BCUT2D eigenvalue weighted by molar-refractivity contribution is -0.135. The topological polar surface area (TPSA) is 78.5 Å². The third-order valence-corrected chi connectivity index (χ3v) is 5.66. The molecule has 1 heterocycles. The molecule has 0 bridgehead atoms. The van der Waals surface area contributed by atoms with Gasteiger partial charge in [0.1, 0.15) is 12.1 Å². The molecule has 2 aromatic rings. The fourth-order valence-corrected chi connectivity index (χ4v) is 3.76. The van der Waals surface area contributed by atoms with Crippen LogP contribution < -0.4 is 10.6 Å². The molecule has 6 heteroatoms. The number of hydrogen-bond donors (Lipinski definition) is 2. The Morgan fingerprint density at radius 1 is 0.966 bits per heavy atom. The molecule has 1 saturated heterocycles. The minimum Gasteiger partial charge on any atom is -0.354 e. The summed E-state index contributed by atoms with van der Waals surface area (Å²) in [5.74, 6) is -0.700. The zero-order chi connectivity index (χ0) is 20.9. The number of urea groups is 1. The van der Waals surface area contributed by atoms with Crippen molar-refractivity contribution in [1.82, 2.24) is 15.5 Å². The van der Waals surface area contributed by atoms with Gasteiger partial charge in [-0.2, -0.15) is 0 Å². The van der Waals surface area contributed by atoms with Crippen molar-refractivity contribution < 1.29 is 14.4 Å². The van der Waals surface area contributed by atoms with E-state index < -0.39 is 11.6 Å². The fraction of sp³-hybridized carbons (Fsp3) is 0.348. The highest BCUT2D eigenvalue weighted by atomic mass is 16.2. The highest BCUT2D eigenvalue weighted by Gasteiger charge is 2.49. The van der Waals surface area contributed by atoms with Crippen molar-refractivity contribution in [3.05, 3.63) is 71.8 Å². The first-order valence-electron chi connectivity index (χ1n) is 10.0. The van der Waals surface area contributed by atoms with Crippen LogP contribution in [0.3, 0.4) is 0 Å². The highest BCUT2D eigenvalue weighted by molar-refractivity contribution is 6.08. The summed E-state index contributed by atoms with van der Waals surface area (Å²) in [6, 6.07) is 19.4. The van der Waals surface area contributed by atoms with Crippen molar-refractivity contribution in [2.24, 2.45) is 0 Å². The Labute approximate surface area is 171 Å². The lowest BCUT2D eigenvalue weighted by Gasteiger charge is -2.23. The molecule has 29 heavy (non-hydrogen) atoms. The van der Waals surface area contributed by atoms with Gasteiger partial charge in [-0.05, 0) is 24.0 Å². The van der Waals surface area contributed by atoms with Gasteiger partial charge in [0.2, 0.25) is 5.91 Å². The molecule has 2 aromatic carbocycles. The Bertz CT molecular complexity index is 824. The number of nitrogens with zero attached hydrogens (tertiary/aromatic N) is 1. The minimum atomic E-state index is -0.895. The fourth-order valence-electron chi connectivity index (χ4n) is 3.76. The predicted octanol–water partition coefficient (Wildman–Crippen LogP) is 3.05. The number of nitrogens with one attached hydrogen (secondary N) is 2. The third-order valence-electron chi connectivity index (χ3n) is 5.66. The molecule has 6 nitrogen and oxygen atoms in total. The summed E-state index contributed by atoms with van der Waals surface area (Å²) in [5, 5.41) is 5.64. The maximum absolute atomic E-state index is 12.7. The molecule has 2 N–H and O–H groups in total. The number of benzene rings is 2. The summed E-state index contributed by atoms with van der Waals surface area (Å²) >= 11 is 0. The van der Waals surface area contributed by atoms with Crippen LogP contribution in [0.1, 0.15) is 43.7 Å². The van der Waals surface area contributed by atoms with Crippen LogP contribution in [0.2, 0.25) is 0 Å². The van der Waals surface area contributed by atoms with Crippen LogP contribution in [-0.4, -0.2) is 41.4 Å². The lowest BCUT2D eigenvalue weighted by Crippen LogP contribution is -2.46. The van der Waals surface area contributed by atoms with Crippen LogP contribution >= 0.6 is 0 Å². The maximum Gasteiger partial charge on any atom is 0.325 e. The minimum absolute atomic E-state index is 0.0187. The van der Waals surface area contributed by atoms with E-state index in [0.717, 1.165) is 16.0 Å². The van der Waals surface area contributed by atoms with Crippen molar-refractivity contribution in [2.75, 3.05) is 13.1 Å². The monoisotopic (exact) mass is 393 g/mol. The van der Waals surface area contributed by atoms with Crippen LogP contribution in [-0.2, 0) is 9.59 Å². The average molecular weight is 393 g/mol. The molecule has 152 valence electrons. The predicted molar refractivity (Wildman–Crippen MR) is 111 cm³/mol. The summed E-state index contributed by atoms with van der Waals surface area (Å²) in [5.41, 5.74) is 1.28. The highest BCUT2D eigenvalue weighted by Crippen LogP contribution is 2.25. The van der Waals surface area contributed by atoms with Crippen molar-refractivity contribution in [2.45, 2.75) is 38.1 Å². The number of carbonyl (C=O) groups excluding carboxylic acids is 3. The number of amides is 4. The second kappa shape index (κ2) is 8.90. The first kappa shape index (κ1) is 20.6. The van der Waals surface area contributed by atoms with Gasteiger partial charge in [0.25, 0.3) is 5.91 Å². The molecule has 0 radical (unpaired) electrons. The van der Waals surface area contributed by atoms with Crippen LogP contribution in [0.15, 0.2) is 60.7 Å². The first-order chi connectivity index (χ1) is 14.0. The Kier molecular flexibility index (Phi) is 6.32. The largest absolute Gasteiger partial charge is 0.354 e. The van der Waals surface area contributed by atoms with Crippen molar-refractivity contribution in [1.29, 1.82) is 0 Å². The van der Waals surface area contributed by atoms with Crippen LogP contribution in [0.4, 0.5) is 4.79 Å². The van der Waals surface area contributed by atoms with Gasteiger partial charge < -0.3 is 10.6 Å². The lowest BCUT2D eigenvalue weighted by atomic mass is 9.91. The zero-order valence-corrected chi connectivity index (χ0v) is 16.9. The van der Waals surface area contributed by atoms with Crippen molar-refractivity contribution in [3.63, 3.8) is 0 Å². The normalized spacial score (nSPS) is 15.5. The molecule has 0 spiro atoms. The van der Waals surface area contributed by atoms with E-state index in [-0.39, 0.29) is 24.3 Å². The molecule has 4 amide bonds. The summed E-state index contributed by atoms with van der Waals surface area (Å²) < 4.78 is 0. The summed E-state index contributed by atoms with van der Waals surface area (Å²) in [6.07, 6.45) is 0.993. The quantitative estimate of drug-likeness (QED) is 0.677. The van der Waals surface area contributed by atoms with Crippen molar-refractivity contribution >= 4 is 17.8 Å². The third kappa shape index (κ3) is 4.31. The second-order valence-electron chi connectivity index (χ2n) is 7.29. The SMILES string of the molecule is CCC1(CC)NC(=O)N(CC(=O)NCC(c2ccccc2)c2ccccc2)C1=O. The Hall–Kier alpha value is -3.15. The number of carbonyl (C=O) groups is 3. The molecule has 3 rings (SSSR count). The zero-order valence-electron chi connectivity index (χ0n) is 16.9. The van der Waals surface area contributed by atoms with E-state index in [4.69, 9.17) is 0 Å². The average Bonchev–Trinajstić information content (AvgIpc) is 3.00. The Morgan fingerprint density at radius 3 is 1.93 bits per heavy atom. The summed E-state index contributed by atoms with van der Waals surface area (Å²) in [7, 11) is 0. The van der Waals surface area contributed by atoms with E-state index in [9.17, 15) is 14.4 Å². The van der Waals surface area contributed by atoms with E-state index in [0.29, 0.717) is 19.4 Å². The summed E-state index contributed by atoms with van der Waals surface area (Å²) in [4.78, 5) is 38.5. The molecule has 0 atom stereocenters. The van der Waals surface area contributed by atoms with Crippen LogP contribution in [0, 0.1) is 0 Å². The van der Waals surface area contributed by atoms with Crippen LogP contribution in [0.25, 0.3) is 0 Å². The van der Waals surface area contributed by atoms with E-state index in [2.05, 4.69) is 10.6 Å². The molecular weight excluding hydrogens is 366 g/mol. The van der Waals surface area contributed by atoms with E-state index >= 15 is 0 Å². The molecular formula is C23H27N3O3. The molecule has 1 aliphatic heterocycles. The number of hydrogen-bond acceptors (Lipinski definition) is 3. The Balaban J connectivity index is 1.68. The van der Waals surface area contributed by atoms with Gasteiger partial charge in [0.15, 0.2) is 0 Å². The molecule has 0 aromatic heterocycles. The van der Waals surface area contributed by atoms with Gasteiger partial charge in [-0.1, -0.05) is 74.5 Å². The number of rotatable bonds is 8. The van der Waals surface area contributed by atoms with Gasteiger partial charge in [-0.3, -0.25) is 14.5 Å². The first-order valence-corrected chi connectivity index (χ1v) is 10.0. The van der Waals surface area contributed by atoms with E-state index in [1.807, 2.05) is 74.5 Å². The standard InChI is InChI=1S/C23H27N3O3/c1-3-23(4-2)21(28)26(22(29)25-23)16-20(27)24-15-19(17-11-7-5-8-12-17)18-13-9-6-10-14-18/h5-14,19H,3-4,15-16H2,1-2H3,(H,24,27)(H,25,29). The van der Waals surface area contributed by atoms with Crippen LogP contribution in [0.5, 0.6) is 0 Å². The molecule has 0 saturated carbocycles. The molecule has 0 unspecified atom stereocenters. The second-order valence-corrected chi connectivity index (χ2v) is 7.29. The van der Waals surface area contributed by atoms with Gasteiger partial charge in [-0.15, -0.1) is 0 Å². The molecule has 1 fully saturated rings. The van der Waals surface area contributed by atoms with Gasteiger partial charge >= 0.3 is 6.03 Å². The maximum atomic E-state index is 12.7.